The van der Waals surface area contributed by atoms with Gasteiger partial charge in [0.05, 0.1) is 17.8 Å². The summed E-state index contributed by atoms with van der Waals surface area (Å²) in [6, 6.07) is 25.1. The zero-order valence-electron chi connectivity index (χ0n) is 38.7. The minimum atomic E-state index is -0.714. The lowest BCUT2D eigenvalue weighted by Crippen LogP contribution is -1.90. The van der Waals surface area contributed by atoms with Gasteiger partial charge in [-0.1, -0.05) is 170 Å². The molecule has 0 radical (unpaired) electrons. The van der Waals surface area contributed by atoms with E-state index in [1.54, 1.807) is 12.1 Å². The van der Waals surface area contributed by atoms with Crippen molar-refractivity contribution in [3.8, 4) is 44.5 Å². The summed E-state index contributed by atoms with van der Waals surface area (Å²) in [6.07, 6.45) is 0. The SMILES string of the molecule is [2H]c1c([2H])c([2H])c(-c2c3c([2H])c([2H])c([2H])c([2H])c3c(-c3ccc(-c4cccc5oc6c(-c7ccc8ccccc8c7)cccc6c45)cc3)c3c([2H])c([2H])c([2H])c([2H])c23)c([2H])c1[2H]. The third-order valence-electron chi connectivity index (χ3n) is 9.19. The minimum Gasteiger partial charge on any atom is -0.455 e. The van der Waals surface area contributed by atoms with Gasteiger partial charge in [-0.15, -0.1) is 0 Å². The van der Waals surface area contributed by atoms with Crippen molar-refractivity contribution in [2.45, 2.75) is 0 Å². The molecule has 0 aliphatic carbocycles. The van der Waals surface area contributed by atoms with Crippen molar-refractivity contribution in [1.29, 1.82) is 0 Å². The molecule has 0 spiro atoms. The van der Waals surface area contributed by atoms with Crippen molar-refractivity contribution >= 4 is 54.3 Å². The summed E-state index contributed by atoms with van der Waals surface area (Å²) in [5.74, 6) is 0. The van der Waals surface area contributed by atoms with E-state index >= 15 is 0 Å². The van der Waals surface area contributed by atoms with Crippen molar-refractivity contribution < 1.29 is 22.2 Å². The summed E-state index contributed by atoms with van der Waals surface area (Å²) in [7, 11) is 0. The van der Waals surface area contributed by atoms with Gasteiger partial charge in [0, 0.05) is 16.3 Å². The van der Waals surface area contributed by atoms with Gasteiger partial charge < -0.3 is 4.42 Å². The van der Waals surface area contributed by atoms with Gasteiger partial charge in [-0.05, 0) is 83.4 Å². The van der Waals surface area contributed by atoms with E-state index in [0.29, 0.717) is 11.1 Å². The largest absolute Gasteiger partial charge is 0.455 e. The number of para-hydroxylation sites is 1. The van der Waals surface area contributed by atoms with Crippen LogP contribution in [-0.4, -0.2) is 0 Å². The summed E-state index contributed by atoms with van der Waals surface area (Å²) < 4.78 is 121. The standard InChI is InChI=1S/C48H30O/c1-2-13-33(14-3-1)45-39-16-6-8-18-41(39)46(42-19-9-7-17-40(42)45)34-27-25-32(26-28-34)37-20-11-23-44-47(37)43-22-10-21-38(48(43)49-44)36-29-24-31-12-4-5-15-35(31)30-36/h1-30H/i1D,2D,3D,6D,7D,8D,9D,13D,14D,16D,17D,18D,19D. The van der Waals surface area contributed by atoms with E-state index in [2.05, 4.69) is 30.3 Å². The Labute approximate surface area is 302 Å². The van der Waals surface area contributed by atoms with Crippen LogP contribution < -0.4 is 0 Å². The van der Waals surface area contributed by atoms with Crippen molar-refractivity contribution in [3.63, 3.8) is 0 Å². The average Bonchev–Trinajstić information content (AvgIpc) is 3.69. The number of hydrogen-bond donors (Lipinski definition) is 0. The second-order valence-corrected chi connectivity index (χ2v) is 11.9. The topological polar surface area (TPSA) is 13.1 Å². The van der Waals surface area contributed by atoms with E-state index in [1.807, 2.05) is 60.7 Å². The fourth-order valence-corrected chi connectivity index (χ4v) is 7.03. The Morgan fingerprint density at radius 3 is 1.67 bits per heavy atom. The Bertz CT molecular complexity index is 3500. The highest BCUT2D eigenvalue weighted by molar-refractivity contribution is 6.21. The predicted molar refractivity (Wildman–Crippen MR) is 208 cm³/mol. The Morgan fingerprint density at radius 1 is 0.388 bits per heavy atom. The van der Waals surface area contributed by atoms with Gasteiger partial charge in [0.1, 0.15) is 11.2 Å². The maximum atomic E-state index is 9.25. The molecule has 0 unspecified atom stereocenters. The molecule has 49 heavy (non-hydrogen) atoms. The monoisotopic (exact) mass is 635 g/mol. The molecule has 0 amide bonds. The predicted octanol–water partition coefficient (Wildman–Crippen LogP) is 13.7. The maximum Gasteiger partial charge on any atom is 0.143 e. The van der Waals surface area contributed by atoms with Gasteiger partial charge >= 0.3 is 0 Å². The van der Waals surface area contributed by atoms with Crippen molar-refractivity contribution in [2.24, 2.45) is 0 Å². The van der Waals surface area contributed by atoms with Crippen LogP contribution in [0.5, 0.6) is 0 Å². The Balaban J connectivity index is 1.25. The Kier molecular flexibility index (Phi) is 3.99. The lowest BCUT2D eigenvalue weighted by atomic mass is 9.85. The van der Waals surface area contributed by atoms with Crippen molar-refractivity contribution in [1.82, 2.24) is 0 Å². The molecule has 0 saturated heterocycles. The first-order valence-electron chi connectivity index (χ1n) is 22.3. The van der Waals surface area contributed by atoms with Crippen LogP contribution in [0.15, 0.2) is 186 Å². The molecule has 1 heteroatoms. The quantitative estimate of drug-likeness (QED) is 0.175. The van der Waals surface area contributed by atoms with Crippen LogP contribution >= 0.6 is 0 Å². The summed E-state index contributed by atoms with van der Waals surface area (Å²) in [4.78, 5) is 0. The third-order valence-corrected chi connectivity index (χ3v) is 9.19. The molecular formula is C48H30O. The van der Waals surface area contributed by atoms with E-state index in [9.17, 15) is 5.48 Å². The number of rotatable bonds is 4. The fourth-order valence-electron chi connectivity index (χ4n) is 7.03. The first-order chi connectivity index (χ1) is 29.7. The van der Waals surface area contributed by atoms with Crippen LogP contribution in [0.1, 0.15) is 17.8 Å². The summed E-state index contributed by atoms with van der Waals surface area (Å²) in [6.45, 7) is 0. The molecule has 0 fully saturated rings. The van der Waals surface area contributed by atoms with Crippen LogP contribution in [0.2, 0.25) is 0 Å². The zero-order chi connectivity index (χ0) is 43.6. The zero-order valence-corrected chi connectivity index (χ0v) is 25.7. The smallest absolute Gasteiger partial charge is 0.143 e. The van der Waals surface area contributed by atoms with Gasteiger partial charge in [0.15, 0.2) is 0 Å². The molecule has 1 aromatic heterocycles. The second-order valence-electron chi connectivity index (χ2n) is 11.9. The van der Waals surface area contributed by atoms with Crippen molar-refractivity contribution in [2.75, 3.05) is 0 Å². The van der Waals surface area contributed by atoms with Gasteiger partial charge in [0.25, 0.3) is 0 Å². The van der Waals surface area contributed by atoms with E-state index in [0.717, 1.165) is 49.4 Å². The van der Waals surface area contributed by atoms with Crippen molar-refractivity contribution in [3.05, 3.63) is 182 Å². The number of furan rings is 1. The van der Waals surface area contributed by atoms with E-state index < -0.39 is 84.1 Å². The number of hydrogen-bond acceptors (Lipinski definition) is 1. The van der Waals surface area contributed by atoms with Crippen LogP contribution in [0.25, 0.3) is 98.8 Å². The van der Waals surface area contributed by atoms with Gasteiger partial charge in [-0.25, -0.2) is 0 Å². The number of benzene rings is 9. The fraction of sp³-hybridized carbons (Fsp3) is 0. The number of fused-ring (bicyclic) bond motifs is 6. The van der Waals surface area contributed by atoms with Gasteiger partial charge in [-0.2, -0.15) is 0 Å². The highest BCUT2D eigenvalue weighted by Crippen LogP contribution is 2.45. The molecular weight excluding hydrogens is 593 g/mol. The molecule has 228 valence electrons. The molecule has 9 aromatic carbocycles. The Morgan fingerprint density at radius 2 is 0.959 bits per heavy atom. The average molecular weight is 636 g/mol. The van der Waals surface area contributed by atoms with E-state index in [-0.39, 0.29) is 32.7 Å². The highest BCUT2D eigenvalue weighted by atomic mass is 16.3. The summed E-state index contributed by atoms with van der Waals surface area (Å²) in [5.41, 5.74) is 4.62. The summed E-state index contributed by atoms with van der Waals surface area (Å²) in [5, 5.41) is 3.25. The highest BCUT2D eigenvalue weighted by Gasteiger charge is 2.18. The molecule has 0 atom stereocenters. The van der Waals surface area contributed by atoms with Crippen LogP contribution in [0.4, 0.5) is 0 Å². The Hall–Kier alpha value is -6.44. The minimum absolute atomic E-state index is 0.0728. The molecule has 0 N–H and O–H groups in total. The first-order valence-corrected chi connectivity index (χ1v) is 15.8. The van der Waals surface area contributed by atoms with Crippen LogP contribution in [0, 0.1) is 0 Å². The van der Waals surface area contributed by atoms with E-state index in [1.165, 1.54) is 0 Å². The molecule has 0 bridgehead atoms. The lowest BCUT2D eigenvalue weighted by Gasteiger charge is -2.18. The molecule has 10 aromatic rings. The van der Waals surface area contributed by atoms with Crippen LogP contribution in [0.3, 0.4) is 0 Å². The third kappa shape index (κ3) is 4.40. The molecule has 0 aliphatic rings. The maximum absolute atomic E-state index is 9.25. The van der Waals surface area contributed by atoms with E-state index in [4.69, 9.17) is 16.8 Å². The second kappa shape index (κ2) is 11.1. The lowest BCUT2D eigenvalue weighted by molar-refractivity contribution is 0.670. The van der Waals surface area contributed by atoms with Crippen LogP contribution in [-0.2, 0) is 0 Å². The van der Waals surface area contributed by atoms with Gasteiger partial charge in [-0.3, -0.25) is 0 Å². The molecule has 0 saturated carbocycles. The molecule has 10 rings (SSSR count). The molecule has 1 nitrogen and oxygen atoms in total. The molecule has 0 aliphatic heterocycles. The molecule has 1 heterocycles. The normalized spacial score (nSPS) is 15.4. The van der Waals surface area contributed by atoms with Gasteiger partial charge in [0.2, 0.25) is 0 Å². The summed E-state index contributed by atoms with van der Waals surface area (Å²) >= 11 is 0. The first kappa shape index (κ1) is 17.6.